The molecule has 0 saturated carbocycles. The van der Waals surface area contributed by atoms with E-state index in [0.29, 0.717) is 6.04 Å². The van der Waals surface area contributed by atoms with Crippen molar-refractivity contribution in [3.05, 3.63) is 23.7 Å². The molecule has 1 unspecified atom stereocenters. The zero-order chi connectivity index (χ0) is 11.0. The first-order chi connectivity index (χ1) is 7.83. The van der Waals surface area contributed by atoms with E-state index in [1.165, 1.54) is 12.8 Å². The number of fused-ring (bicyclic) bond motifs is 1. The minimum absolute atomic E-state index is 0.537. The number of nitrogens with zero attached hydrogens (tertiary/aromatic N) is 4. The molecule has 84 valence electrons. The summed E-state index contributed by atoms with van der Waals surface area (Å²) < 4.78 is 1.86. The van der Waals surface area contributed by atoms with Crippen LogP contribution in [-0.2, 0) is 6.42 Å². The Hall–Kier alpha value is -1.49. The van der Waals surface area contributed by atoms with Crippen LogP contribution in [0.4, 0.5) is 0 Å². The van der Waals surface area contributed by atoms with Crippen LogP contribution < -0.4 is 5.32 Å². The molecule has 5 heteroatoms. The Morgan fingerprint density at radius 1 is 1.44 bits per heavy atom. The predicted octanol–water partition coefficient (Wildman–Crippen LogP) is 0.727. The Kier molecular flexibility index (Phi) is 2.32. The zero-order valence-corrected chi connectivity index (χ0v) is 9.35. The van der Waals surface area contributed by atoms with Crippen molar-refractivity contribution in [3.63, 3.8) is 0 Å². The summed E-state index contributed by atoms with van der Waals surface area (Å²) in [5.74, 6) is 0.957. The zero-order valence-electron chi connectivity index (χ0n) is 9.35. The molecular formula is C11H15N5. The van der Waals surface area contributed by atoms with Gasteiger partial charge in [-0.15, -0.1) is 10.2 Å². The highest BCUT2D eigenvalue weighted by molar-refractivity contribution is 5.36. The van der Waals surface area contributed by atoms with Crippen LogP contribution in [0.3, 0.4) is 0 Å². The Balaban J connectivity index is 1.93. The van der Waals surface area contributed by atoms with Gasteiger partial charge in [-0.05, 0) is 38.4 Å². The highest BCUT2D eigenvalue weighted by Crippen LogP contribution is 2.11. The van der Waals surface area contributed by atoms with Crippen LogP contribution >= 0.6 is 0 Å². The highest BCUT2D eigenvalue weighted by atomic mass is 15.4. The van der Waals surface area contributed by atoms with Crippen LogP contribution in [0.15, 0.2) is 12.1 Å². The molecule has 0 radical (unpaired) electrons. The van der Waals surface area contributed by atoms with Gasteiger partial charge >= 0.3 is 0 Å². The van der Waals surface area contributed by atoms with E-state index < -0.39 is 0 Å². The van der Waals surface area contributed by atoms with Crippen LogP contribution in [-0.4, -0.2) is 32.4 Å². The van der Waals surface area contributed by atoms with E-state index in [-0.39, 0.29) is 0 Å². The van der Waals surface area contributed by atoms with Gasteiger partial charge in [0, 0.05) is 12.5 Å². The molecule has 5 nitrogen and oxygen atoms in total. The van der Waals surface area contributed by atoms with Crippen LogP contribution in [0.1, 0.15) is 24.4 Å². The van der Waals surface area contributed by atoms with E-state index in [1.54, 1.807) is 0 Å². The van der Waals surface area contributed by atoms with Gasteiger partial charge in [-0.1, -0.05) is 0 Å². The van der Waals surface area contributed by atoms with Crippen molar-refractivity contribution in [1.82, 2.24) is 25.1 Å². The topological polar surface area (TPSA) is 55.1 Å². The molecule has 0 spiro atoms. The van der Waals surface area contributed by atoms with E-state index >= 15 is 0 Å². The summed E-state index contributed by atoms with van der Waals surface area (Å²) in [4.78, 5) is 0. The molecule has 16 heavy (non-hydrogen) atoms. The summed E-state index contributed by atoms with van der Waals surface area (Å²) in [6, 6.07) is 4.46. The maximum absolute atomic E-state index is 4.44. The first-order valence-electron chi connectivity index (χ1n) is 5.74. The first kappa shape index (κ1) is 9.72. The summed E-state index contributed by atoms with van der Waals surface area (Å²) in [5, 5.41) is 16.2. The molecule has 3 heterocycles. The summed E-state index contributed by atoms with van der Waals surface area (Å²) in [6.07, 6.45) is 3.40. The van der Waals surface area contributed by atoms with Gasteiger partial charge in [-0.3, -0.25) is 0 Å². The van der Waals surface area contributed by atoms with Crippen LogP contribution in [0.2, 0.25) is 0 Å². The number of hydrogen-bond acceptors (Lipinski definition) is 4. The smallest absolute Gasteiger partial charge is 0.177 e. The lowest BCUT2D eigenvalue weighted by Crippen LogP contribution is -2.24. The summed E-state index contributed by atoms with van der Waals surface area (Å²) in [7, 11) is 0. The van der Waals surface area contributed by atoms with Crippen molar-refractivity contribution >= 4 is 5.65 Å². The van der Waals surface area contributed by atoms with Gasteiger partial charge in [0.2, 0.25) is 0 Å². The normalized spacial score (nSPS) is 20.7. The molecule has 1 atom stereocenters. The molecule has 0 aromatic carbocycles. The van der Waals surface area contributed by atoms with Crippen LogP contribution in [0.5, 0.6) is 0 Å². The quantitative estimate of drug-likeness (QED) is 0.805. The van der Waals surface area contributed by atoms with Gasteiger partial charge in [0.25, 0.3) is 0 Å². The maximum Gasteiger partial charge on any atom is 0.177 e. The molecule has 1 saturated heterocycles. The van der Waals surface area contributed by atoms with Gasteiger partial charge in [-0.25, -0.2) is 0 Å². The predicted molar refractivity (Wildman–Crippen MR) is 60.2 cm³/mol. The van der Waals surface area contributed by atoms with E-state index in [9.17, 15) is 0 Å². The number of rotatable bonds is 2. The second kappa shape index (κ2) is 3.83. The molecule has 1 fully saturated rings. The van der Waals surface area contributed by atoms with Crippen LogP contribution in [0.25, 0.3) is 5.65 Å². The standard InChI is InChI=1S/C11H15N5/c1-8-4-5-10-13-14-11(16(10)15-8)7-9-3-2-6-12-9/h4-5,9,12H,2-3,6-7H2,1H3. The number of hydrogen-bond donors (Lipinski definition) is 1. The van der Waals surface area contributed by atoms with Crippen molar-refractivity contribution in [2.24, 2.45) is 0 Å². The monoisotopic (exact) mass is 217 g/mol. The Labute approximate surface area is 93.9 Å². The van der Waals surface area contributed by atoms with E-state index in [2.05, 4.69) is 20.6 Å². The van der Waals surface area contributed by atoms with Crippen molar-refractivity contribution in [3.8, 4) is 0 Å². The molecule has 0 bridgehead atoms. The van der Waals surface area contributed by atoms with Gasteiger partial charge in [-0.2, -0.15) is 9.61 Å². The van der Waals surface area contributed by atoms with Crippen molar-refractivity contribution in [1.29, 1.82) is 0 Å². The second-order valence-electron chi connectivity index (χ2n) is 4.36. The maximum atomic E-state index is 4.44. The molecule has 1 aliphatic heterocycles. The third-order valence-corrected chi connectivity index (χ3v) is 3.05. The molecule has 0 amide bonds. The third kappa shape index (κ3) is 1.67. The molecule has 2 aromatic rings. The van der Waals surface area contributed by atoms with E-state index in [1.807, 2.05) is 23.6 Å². The Bertz CT molecular complexity index is 498. The first-order valence-corrected chi connectivity index (χ1v) is 5.74. The van der Waals surface area contributed by atoms with Crippen molar-refractivity contribution < 1.29 is 0 Å². The second-order valence-corrected chi connectivity index (χ2v) is 4.36. The lowest BCUT2D eigenvalue weighted by atomic mass is 10.1. The summed E-state index contributed by atoms with van der Waals surface area (Å²) in [6.45, 7) is 3.10. The highest BCUT2D eigenvalue weighted by Gasteiger charge is 2.17. The Morgan fingerprint density at radius 3 is 3.19 bits per heavy atom. The van der Waals surface area contributed by atoms with Gasteiger partial charge < -0.3 is 5.32 Å². The third-order valence-electron chi connectivity index (χ3n) is 3.05. The largest absolute Gasteiger partial charge is 0.314 e. The fourth-order valence-corrected chi connectivity index (χ4v) is 2.20. The SMILES string of the molecule is Cc1ccc2nnc(CC3CCCN3)n2n1. The molecule has 1 aliphatic rings. The van der Waals surface area contributed by atoms with E-state index in [4.69, 9.17) is 0 Å². The number of aromatic nitrogens is 4. The van der Waals surface area contributed by atoms with Crippen LogP contribution in [0, 0.1) is 6.92 Å². The molecular weight excluding hydrogens is 202 g/mol. The lowest BCUT2D eigenvalue weighted by Gasteiger charge is -2.07. The molecule has 0 aliphatic carbocycles. The molecule has 1 N–H and O–H groups in total. The van der Waals surface area contributed by atoms with Gasteiger partial charge in [0.1, 0.15) is 0 Å². The average Bonchev–Trinajstić information content (AvgIpc) is 2.90. The summed E-state index contributed by atoms with van der Waals surface area (Å²) >= 11 is 0. The minimum atomic E-state index is 0.537. The molecule has 3 rings (SSSR count). The van der Waals surface area contributed by atoms with Gasteiger partial charge in [0.05, 0.1) is 5.69 Å². The average molecular weight is 217 g/mol. The molecule has 2 aromatic heterocycles. The number of nitrogens with one attached hydrogen (secondary N) is 1. The summed E-state index contributed by atoms with van der Waals surface area (Å²) in [5.41, 5.74) is 1.83. The fraction of sp³-hybridized carbons (Fsp3) is 0.545. The Morgan fingerprint density at radius 2 is 2.38 bits per heavy atom. The van der Waals surface area contributed by atoms with E-state index in [0.717, 1.165) is 30.1 Å². The van der Waals surface area contributed by atoms with Crippen molar-refractivity contribution in [2.45, 2.75) is 32.2 Å². The lowest BCUT2D eigenvalue weighted by molar-refractivity contribution is 0.575. The number of aryl methyl sites for hydroxylation is 1. The van der Waals surface area contributed by atoms with Gasteiger partial charge in [0.15, 0.2) is 11.5 Å². The van der Waals surface area contributed by atoms with Crippen molar-refractivity contribution in [2.75, 3.05) is 6.54 Å². The minimum Gasteiger partial charge on any atom is -0.314 e. The fourth-order valence-electron chi connectivity index (χ4n) is 2.20.